The minimum absolute atomic E-state index is 0.103. The highest BCUT2D eigenvalue weighted by Gasteiger charge is 2.44. The van der Waals surface area contributed by atoms with E-state index < -0.39 is 0 Å². The lowest BCUT2D eigenvalue weighted by molar-refractivity contribution is -0.134. The van der Waals surface area contributed by atoms with Crippen molar-refractivity contribution in [3.63, 3.8) is 0 Å². The molecule has 1 heteroatoms. The number of hydrogen-bond acceptors (Lipinski definition) is 1. The number of Topliss-reactive ketones (excluding diaryl/α,β-unsaturated/α-hetero) is 1. The molecule has 0 saturated heterocycles. The van der Waals surface area contributed by atoms with E-state index in [-0.39, 0.29) is 11.3 Å². The van der Waals surface area contributed by atoms with Gasteiger partial charge in [-0.3, -0.25) is 4.79 Å². The van der Waals surface area contributed by atoms with Crippen LogP contribution < -0.4 is 0 Å². The molecule has 0 aromatic carbocycles. The Kier molecular flexibility index (Phi) is 1.26. The molecule has 3 aliphatic carbocycles. The molecule has 0 amide bonds. The van der Waals surface area contributed by atoms with Crippen molar-refractivity contribution >= 4 is 5.78 Å². The number of allylic oxidation sites excluding steroid dienone is 2. The molecule has 3 rings (SSSR count). The Labute approximate surface area is 67.5 Å². The van der Waals surface area contributed by atoms with Crippen LogP contribution >= 0.6 is 0 Å². The summed E-state index contributed by atoms with van der Waals surface area (Å²) in [6.07, 6.45) is 6.62. The summed E-state index contributed by atoms with van der Waals surface area (Å²) in [5, 5.41) is 0. The van der Waals surface area contributed by atoms with E-state index in [1.807, 2.05) is 0 Å². The molecular weight excluding hydrogens is 136 g/mol. The molecule has 0 aromatic heterocycles. The fourth-order valence-electron chi connectivity index (χ4n) is 2.32. The fraction of sp³-hybridized carbons (Fsp3) is 0.700. The van der Waals surface area contributed by atoms with Gasteiger partial charge in [0.15, 0.2) is 0 Å². The van der Waals surface area contributed by atoms with Gasteiger partial charge in [0.05, 0.1) is 0 Å². The average Bonchev–Trinajstić information content (AvgIpc) is 2.01. The first-order valence-electron chi connectivity index (χ1n) is 4.37. The highest BCUT2D eigenvalue weighted by molar-refractivity contribution is 5.90. The molecule has 0 radical (unpaired) electrons. The number of fused-ring (bicyclic) bond motifs is 2. The highest BCUT2D eigenvalue weighted by atomic mass is 16.1. The third-order valence-electron chi connectivity index (χ3n) is 3.33. The SMILES string of the molecule is C[C@H]1C(=O)[C@@]2(C)C=C[C@@H]1CC2. The summed E-state index contributed by atoms with van der Waals surface area (Å²) in [6, 6.07) is 0. The third-order valence-corrected chi connectivity index (χ3v) is 3.33. The second-order valence-electron chi connectivity index (χ2n) is 4.13. The summed E-state index contributed by atoms with van der Waals surface area (Å²) in [5.74, 6) is 1.28. The lowest BCUT2D eigenvalue weighted by atomic mass is 9.61. The first-order chi connectivity index (χ1) is 5.13. The number of ketones is 1. The van der Waals surface area contributed by atoms with E-state index in [1.54, 1.807) is 0 Å². The van der Waals surface area contributed by atoms with Gasteiger partial charge in [-0.1, -0.05) is 19.1 Å². The van der Waals surface area contributed by atoms with Gasteiger partial charge in [-0.2, -0.15) is 0 Å². The van der Waals surface area contributed by atoms with Gasteiger partial charge in [0.1, 0.15) is 5.78 Å². The Balaban J connectivity index is 2.43. The highest BCUT2D eigenvalue weighted by Crippen LogP contribution is 2.45. The third kappa shape index (κ3) is 0.800. The molecule has 3 atom stereocenters. The molecule has 0 aromatic rings. The maximum atomic E-state index is 11.7. The van der Waals surface area contributed by atoms with Crippen LogP contribution in [-0.4, -0.2) is 5.78 Å². The van der Waals surface area contributed by atoms with Crippen molar-refractivity contribution in [3.05, 3.63) is 12.2 Å². The first kappa shape index (κ1) is 7.08. The van der Waals surface area contributed by atoms with Gasteiger partial charge in [0.2, 0.25) is 0 Å². The van der Waals surface area contributed by atoms with E-state index >= 15 is 0 Å². The standard InChI is InChI=1S/C10H14O/c1-7-8-3-5-10(2,6-4-8)9(7)11/h3,5,7-8H,4,6H2,1-2H3/t7-,8-,10+/m1/s1. The monoisotopic (exact) mass is 150 g/mol. The van der Waals surface area contributed by atoms with E-state index in [9.17, 15) is 4.79 Å². The molecule has 1 saturated carbocycles. The molecule has 0 heterocycles. The van der Waals surface area contributed by atoms with E-state index in [0.717, 1.165) is 6.42 Å². The van der Waals surface area contributed by atoms with E-state index in [4.69, 9.17) is 0 Å². The van der Waals surface area contributed by atoms with Crippen LogP contribution in [0.25, 0.3) is 0 Å². The average molecular weight is 150 g/mol. The molecule has 3 aliphatic rings. The minimum Gasteiger partial charge on any atom is -0.298 e. The van der Waals surface area contributed by atoms with Crippen LogP contribution in [0.15, 0.2) is 12.2 Å². The summed E-state index contributed by atoms with van der Waals surface area (Å²) in [6.45, 7) is 4.13. The zero-order chi connectivity index (χ0) is 8.06. The summed E-state index contributed by atoms with van der Waals surface area (Å²) < 4.78 is 0. The van der Waals surface area contributed by atoms with E-state index in [1.165, 1.54) is 6.42 Å². The van der Waals surface area contributed by atoms with Gasteiger partial charge in [-0.05, 0) is 25.7 Å². The van der Waals surface area contributed by atoms with Crippen LogP contribution in [-0.2, 0) is 4.79 Å². The smallest absolute Gasteiger partial charge is 0.145 e. The largest absolute Gasteiger partial charge is 0.298 e. The number of carbonyl (C=O) groups is 1. The lowest BCUT2D eigenvalue weighted by Crippen LogP contribution is -2.42. The molecule has 0 unspecified atom stereocenters. The van der Waals surface area contributed by atoms with E-state index in [2.05, 4.69) is 26.0 Å². The molecule has 0 spiro atoms. The zero-order valence-electron chi connectivity index (χ0n) is 7.13. The van der Waals surface area contributed by atoms with E-state index in [0.29, 0.717) is 11.7 Å². The van der Waals surface area contributed by atoms with Gasteiger partial charge in [-0.15, -0.1) is 0 Å². The maximum Gasteiger partial charge on any atom is 0.145 e. The lowest BCUT2D eigenvalue weighted by Gasteiger charge is -2.41. The molecule has 2 bridgehead atoms. The Morgan fingerprint density at radius 3 is 2.73 bits per heavy atom. The van der Waals surface area contributed by atoms with Gasteiger partial charge < -0.3 is 0 Å². The summed E-state index contributed by atoms with van der Waals surface area (Å²) >= 11 is 0. The van der Waals surface area contributed by atoms with Gasteiger partial charge >= 0.3 is 0 Å². The predicted octanol–water partition coefficient (Wildman–Crippen LogP) is 2.18. The summed E-state index contributed by atoms with van der Waals surface area (Å²) in [7, 11) is 0. The Morgan fingerprint density at radius 1 is 1.64 bits per heavy atom. The normalized spacial score (nSPS) is 48.4. The first-order valence-corrected chi connectivity index (χ1v) is 4.37. The molecule has 1 nitrogen and oxygen atoms in total. The number of hydrogen-bond donors (Lipinski definition) is 0. The topological polar surface area (TPSA) is 17.1 Å². The summed E-state index contributed by atoms with van der Waals surface area (Å²) in [5.41, 5.74) is -0.103. The van der Waals surface area contributed by atoms with Gasteiger partial charge in [-0.25, -0.2) is 0 Å². The van der Waals surface area contributed by atoms with Crippen molar-refractivity contribution in [1.82, 2.24) is 0 Å². The van der Waals surface area contributed by atoms with Crippen LogP contribution in [0.4, 0.5) is 0 Å². The van der Waals surface area contributed by atoms with Crippen LogP contribution in [0.2, 0.25) is 0 Å². The Bertz CT molecular complexity index is 229. The van der Waals surface area contributed by atoms with Crippen molar-refractivity contribution in [3.8, 4) is 0 Å². The van der Waals surface area contributed by atoms with Crippen LogP contribution in [0, 0.1) is 17.3 Å². The molecule has 11 heavy (non-hydrogen) atoms. The molecular formula is C10H14O. The maximum absolute atomic E-state index is 11.7. The second-order valence-corrected chi connectivity index (χ2v) is 4.13. The Morgan fingerprint density at radius 2 is 2.36 bits per heavy atom. The van der Waals surface area contributed by atoms with Crippen molar-refractivity contribution in [2.45, 2.75) is 26.7 Å². The molecule has 60 valence electrons. The van der Waals surface area contributed by atoms with Crippen molar-refractivity contribution in [2.75, 3.05) is 0 Å². The minimum atomic E-state index is -0.103. The fourth-order valence-corrected chi connectivity index (χ4v) is 2.32. The van der Waals surface area contributed by atoms with Gasteiger partial charge in [0, 0.05) is 11.3 Å². The second kappa shape index (κ2) is 1.96. The van der Waals surface area contributed by atoms with Crippen LogP contribution in [0.5, 0.6) is 0 Å². The predicted molar refractivity (Wildman–Crippen MR) is 44.1 cm³/mol. The quantitative estimate of drug-likeness (QED) is 0.484. The number of carbonyl (C=O) groups excluding carboxylic acids is 1. The van der Waals surface area contributed by atoms with Crippen molar-refractivity contribution in [1.29, 1.82) is 0 Å². The van der Waals surface area contributed by atoms with Crippen LogP contribution in [0.3, 0.4) is 0 Å². The number of rotatable bonds is 0. The van der Waals surface area contributed by atoms with Gasteiger partial charge in [0.25, 0.3) is 0 Å². The molecule has 0 N–H and O–H groups in total. The van der Waals surface area contributed by atoms with Crippen LogP contribution in [0.1, 0.15) is 26.7 Å². The zero-order valence-corrected chi connectivity index (χ0v) is 7.13. The molecule has 0 aliphatic heterocycles. The summed E-state index contributed by atoms with van der Waals surface area (Å²) in [4.78, 5) is 11.7. The molecule has 1 fully saturated rings. The van der Waals surface area contributed by atoms with Crippen molar-refractivity contribution < 1.29 is 4.79 Å². The van der Waals surface area contributed by atoms with Crippen molar-refractivity contribution in [2.24, 2.45) is 17.3 Å². The Hall–Kier alpha value is -0.590.